The van der Waals surface area contributed by atoms with Crippen LogP contribution in [0.5, 0.6) is 0 Å². The maximum absolute atomic E-state index is 12.5. The van der Waals surface area contributed by atoms with E-state index in [1.54, 1.807) is 0 Å². The molecule has 1 fully saturated rings. The van der Waals surface area contributed by atoms with E-state index in [4.69, 9.17) is 0 Å². The van der Waals surface area contributed by atoms with Crippen LogP contribution in [0, 0.1) is 5.92 Å². The Morgan fingerprint density at radius 3 is 2.32 bits per heavy atom. The van der Waals surface area contributed by atoms with Crippen molar-refractivity contribution in [3.63, 3.8) is 0 Å². The largest absolute Gasteiger partial charge is 0.440 e. The summed E-state index contributed by atoms with van der Waals surface area (Å²) in [7, 11) is 0. The zero-order valence-corrected chi connectivity index (χ0v) is 9.77. The highest BCUT2D eigenvalue weighted by Crippen LogP contribution is 2.37. The maximum atomic E-state index is 12.5. The van der Waals surface area contributed by atoms with Gasteiger partial charge in [0.05, 0.1) is 5.92 Å². The summed E-state index contributed by atoms with van der Waals surface area (Å²) < 4.78 is 76.5. The van der Waals surface area contributed by atoms with Crippen molar-refractivity contribution in [2.24, 2.45) is 5.92 Å². The van der Waals surface area contributed by atoms with Crippen LogP contribution in [0.15, 0.2) is 0 Å². The van der Waals surface area contributed by atoms with Gasteiger partial charge in [-0.05, 0) is 19.3 Å². The minimum atomic E-state index is -4.65. The van der Waals surface area contributed by atoms with Gasteiger partial charge in [0, 0.05) is 6.04 Å². The predicted octanol–water partition coefficient (Wildman–Crippen LogP) is 3.40. The highest BCUT2D eigenvalue weighted by molar-refractivity contribution is 5.67. The monoisotopic (exact) mass is 293 g/mol. The molecule has 0 spiro atoms. The van der Waals surface area contributed by atoms with Gasteiger partial charge < -0.3 is 10.1 Å². The van der Waals surface area contributed by atoms with E-state index in [9.17, 15) is 31.1 Å². The first-order valence-electron chi connectivity index (χ1n) is 5.64. The lowest BCUT2D eigenvalue weighted by Gasteiger charge is -2.30. The first-order valence-corrected chi connectivity index (χ1v) is 5.64. The van der Waals surface area contributed by atoms with E-state index in [1.807, 2.05) is 5.32 Å². The molecule has 1 amide bonds. The fourth-order valence-corrected chi connectivity index (χ4v) is 1.97. The summed E-state index contributed by atoms with van der Waals surface area (Å²) in [6.07, 6.45) is -10.1. The Morgan fingerprint density at radius 1 is 1.16 bits per heavy atom. The van der Waals surface area contributed by atoms with Gasteiger partial charge in [-0.15, -0.1) is 0 Å². The van der Waals surface area contributed by atoms with Gasteiger partial charge in [-0.25, -0.2) is 4.79 Å². The van der Waals surface area contributed by atoms with Gasteiger partial charge in [0.25, 0.3) is 0 Å². The Hall–Kier alpha value is -1.15. The Balaban J connectivity index is 2.38. The Kier molecular flexibility index (Phi) is 4.92. The van der Waals surface area contributed by atoms with Crippen molar-refractivity contribution in [3.8, 4) is 0 Å². The number of alkyl halides is 6. The number of alkyl carbamates (subject to hydrolysis) is 1. The van der Waals surface area contributed by atoms with Gasteiger partial charge in [-0.3, -0.25) is 0 Å². The molecular formula is C10H13F6NO2. The summed E-state index contributed by atoms with van der Waals surface area (Å²) in [4.78, 5) is 11.0. The molecule has 0 heterocycles. The third-order valence-corrected chi connectivity index (χ3v) is 2.83. The van der Waals surface area contributed by atoms with E-state index in [2.05, 4.69) is 4.74 Å². The lowest BCUT2D eigenvalue weighted by Crippen LogP contribution is -2.42. The molecule has 1 aliphatic rings. The lowest BCUT2D eigenvalue weighted by atomic mass is 9.85. The van der Waals surface area contributed by atoms with Crippen molar-refractivity contribution in [1.82, 2.24) is 5.32 Å². The quantitative estimate of drug-likeness (QED) is 0.792. The minimum absolute atomic E-state index is 0.0285. The molecule has 1 rings (SSSR count). The Labute approximate surface area is 105 Å². The van der Waals surface area contributed by atoms with Crippen LogP contribution in [-0.2, 0) is 4.74 Å². The molecule has 112 valence electrons. The van der Waals surface area contributed by atoms with Crippen LogP contribution in [0.4, 0.5) is 31.1 Å². The molecule has 0 aromatic carbocycles. The number of hydrogen-bond donors (Lipinski definition) is 1. The molecule has 0 radical (unpaired) electrons. The normalized spacial score (nSPS) is 24.9. The zero-order valence-electron chi connectivity index (χ0n) is 9.77. The molecular weight excluding hydrogens is 280 g/mol. The summed E-state index contributed by atoms with van der Waals surface area (Å²) >= 11 is 0. The summed E-state index contributed by atoms with van der Waals surface area (Å²) in [6.45, 7) is -1.76. The van der Waals surface area contributed by atoms with Crippen LogP contribution in [-0.4, -0.2) is 31.1 Å². The second kappa shape index (κ2) is 5.87. The molecule has 0 bridgehead atoms. The number of carbonyl (C=O) groups excluding carboxylic acids is 1. The summed E-state index contributed by atoms with van der Waals surface area (Å²) in [5.74, 6) is -1.53. The van der Waals surface area contributed by atoms with Gasteiger partial charge in [0.2, 0.25) is 0 Å². The molecule has 0 aliphatic heterocycles. The number of ether oxygens (including phenoxy) is 1. The highest BCUT2D eigenvalue weighted by atomic mass is 19.4. The van der Waals surface area contributed by atoms with E-state index in [-0.39, 0.29) is 19.3 Å². The van der Waals surface area contributed by atoms with Gasteiger partial charge in [0.15, 0.2) is 6.61 Å². The van der Waals surface area contributed by atoms with Crippen molar-refractivity contribution in [3.05, 3.63) is 0 Å². The maximum Gasteiger partial charge on any atom is 0.422 e. The van der Waals surface area contributed by atoms with Crippen LogP contribution < -0.4 is 5.32 Å². The molecule has 1 aliphatic carbocycles. The van der Waals surface area contributed by atoms with Crippen LogP contribution in [0.25, 0.3) is 0 Å². The number of carbonyl (C=O) groups is 1. The van der Waals surface area contributed by atoms with E-state index < -0.39 is 37.0 Å². The average molecular weight is 293 g/mol. The van der Waals surface area contributed by atoms with E-state index in [1.165, 1.54) is 0 Å². The van der Waals surface area contributed by atoms with E-state index in [0.717, 1.165) is 0 Å². The smallest absolute Gasteiger partial charge is 0.422 e. The Bertz CT molecular complexity index is 314. The molecule has 0 aromatic heterocycles. The van der Waals surface area contributed by atoms with Crippen LogP contribution in [0.1, 0.15) is 25.7 Å². The molecule has 1 N–H and O–H groups in total. The molecule has 9 heteroatoms. The molecule has 2 unspecified atom stereocenters. The van der Waals surface area contributed by atoms with Crippen molar-refractivity contribution >= 4 is 6.09 Å². The van der Waals surface area contributed by atoms with Gasteiger partial charge in [0.1, 0.15) is 0 Å². The topological polar surface area (TPSA) is 38.3 Å². The van der Waals surface area contributed by atoms with Crippen LogP contribution in [0.3, 0.4) is 0 Å². The summed E-state index contributed by atoms with van der Waals surface area (Å²) in [6, 6.07) is -0.805. The van der Waals surface area contributed by atoms with Crippen molar-refractivity contribution < 1.29 is 35.9 Å². The SMILES string of the molecule is O=C(NC1CCCC(C(F)(F)F)C1)OCC(F)(F)F. The third kappa shape index (κ3) is 6.02. The summed E-state index contributed by atoms with van der Waals surface area (Å²) in [5.41, 5.74) is 0. The minimum Gasteiger partial charge on any atom is -0.440 e. The Morgan fingerprint density at radius 2 is 1.79 bits per heavy atom. The third-order valence-electron chi connectivity index (χ3n) is 2.83. The molecule has 0 aromatic rings. The first-order chi connectivity index (χ1) is 8.58. The molecule has 3 nitrogen and oxygen atoms in total. The summed E-state index contributed by atoms with van der Waals surface area (Å²) in [5, 5.41) is 2.03. The van der Waals surface area contributed by atoms with Crippen LogP contribution >= 0.6 is 0 Å². The van der Waals surface area contributed by atoms with Crippen molar-refractivity contribution in [2.75, 3.05) is 6.61 Å². The van der Waals surface area contributed by atoms with Gasteiger partial charge in [-0.2, -0.15) is 26.3 Å². The number of hydrogen-bond acceptors (Lipinski definition) is 2. The second-order valence-corrected chi connectivity index (χ2v) is 4.44. The fraction of sp³-hybridized carbons (Fsp3) is 0.900. The molecule has 0 saturated heterocycles. The fourth-order valence-electron chi connectivity index (χ4n) is 1.97. The first kappa shape index (κ1) is 15.9. The molecule has 2 atom stereocenters. The number of amides is 1. The molecule has 19 heavy (non-hydrogen) atoms. The van der Waals surface area contributed by atoms with E-state index >= 15 is 0 Å². The number of rotatable bonds is 2. The van der Waals surface area contributed by atoms with Crippen molar-refractivity contribution in [1.29, 1.82) is 0 Å². The zero-order chi connectivity index (χ0) is 14.7. The van der Waals surface area contributed by atoms with Gasteiger partial charge in [-0.1, -0.05) is 6.42 Å². The second-order valence-electron chi connectivity index (χ2n) is 4.44. The average Bonchev–Trinajstić information content (AvgIpc) is 2.25. The number of halogens is 6. The standard InChI is InChI=1S/C10H13F6NO2/c11-9(12,13)5-19-8(18)17-7-3-1-2-6(4-7)10(14,15)16/h6-7H,1-5H2,(H,17,18). The van der Waals surface area contributed by atoms with Gasteiger partial charge >= 0.3 is 18.4 Å². The number of nitrogens with one attached hydrogen (secondary N) is 1. The predicted molar refractivity (Wildman–Crippen MR) is 52.3 cm³/mol. The van der Waals surface area contributed by atoms with Crippen LogP contribution in [0.2, 0.25) is 0 Å². The van der Waals surface area contributed by atoms with E-state index in [0.29, 0.717) is 6.42 Å². The van der Waals surface area contributed by atoms with Crippen molar-refractivity contribution in [2.45, 2.75) is 44.1 Å². The lowest BCUT2D eigenvalue weighted by molar-refractivity contribution is -0.183. The highest BCUT2D eigenvalue weighted by Gasteiger charge is 2.42. The molecule has 1 saturated carbocycles.